The maximum Gasteiger partial charge on any atom is 0.311 e. The second kappa shape index (κ2) is 11.3. The van der Waals surface area contributed by atoms with Crippen LogP contribution in [0.2, 0.25) is 0 Å². The summed E-state index contributed by atoms with van der Waals surface area (Å²) in [5, 5.41) is 0. The summed E-state index contributed by atoms with van der Waals surface area (Å²) in [5.74, 6) is 0.813. The zero-order chi connectivity index (χ0) is 24.7. The van der Waals surface area contributed by atoms with Crippen LogP contribution in [-0.4, -0.2) is 31.9 Å². The number of hydrogen-bond acceptors (Lipinski definition) is 7. The van der Waals surface area contributed by atoms with E-state index >= 15 is 0 Å². The number of rotatable bonds is 8. The molecule has 2 aromatic carbocycles. The highest BCUT2D eigenvalue weighted by Crippen LogP contribution is 2.34. The Balaban J connectivity index is 1.80. The number of esters is 2. The van der Waals surface area contributed by atoms with Gasteiger partial charge in [0.25, 0.3) is 0 Å². The smallest absolute Gasteiger partial charge is 0.311 e. The summed E-state index contributed by atoms with van der Waals surface area (Å²) >= 11 is 0. The van der Waals surface area contributed by atoms with Crippen LogP contribution in [0, 0.1) is 0 Å². The lowest BCUT2D eigenvalue weighted by molar-refractivity contribution is -0.135. The number of Topliss-reactive ketones (excluding diaryl/α,β-unsaturated/α-hetero) is 1. The molecule has 7 heteroatoms. The maximum absolute atomic E-state index is 13.0. The van der Waals surface area contributed by atoms with Crippen LogP contribution >= 0.6 is 0 Å². The minimum absolute atomic E-state index is 0.0269. The lowest BCUT2D eigenvalue weighted by Gasteiger charge is -2.09. The van der Waals surface area contributed by atoms with E-state index in [1.165, 1.54) is 14.2 Å². The van der Waals surface area contributed by atoms with E-state index in [9.17, 15) is 14.4 Å². The Bertz CT molecular complexity index is 1070. The van der Waals surface area contributed by atoms with E-state index in [1.807, 2.05) is 12.2 Å². The highest BCUT2D eigenvalue weighted by atomic mass is 16.6. The number of allylic oxidation sites excluding steroid dienone is 2. The minimum Gasteiger partial charge on any atom is -0.493 e. The molecule has 2 aromatic rings. The number of carbonyl (C=O) groups excluding carboxylic acids is 3. The first-order valence-electron chi connectivity index (χ1n) is 11.1. The molecule has 0 aromatic heterocycles. The van der Waals surface area contributed by atoms with Crippen molar-refractivity contribution in [1.29, 1.82) is 0 Å². The van der Waals surface area contributed by atoms with Gasteiger partial charge in [-0.3, -0.25) is 14.4 Å². The molecule has 0 unspecified atom stereocenters. The normalized spacial score (nSPS) is 15.5. The molecule has 0 atom stereocenters. The second-order valence-electron chi connectivity index (χ2n) is 7.64. The topological polar surface area (TPSA) is 88.1 Å². The molecule has 1 aliphatic rings. The standard InChI is InChI=1S/C27H28O7/c1-5-25(28)33-21-11-7-17(15-23(21)31-3)13-19-9-10-20(27(19)30)14-18-8-12-22(24(16-18)32-4)34-26(29)6-2/h7-8,11-16H,5-6,9-10H2,1-4H3/b19-13+,20-14+. The number of methoxy groups -OCH3 is 2. The van der Waals surface area contributed by atoms with Crippen LogP contribution in [0.25, 0.3) is 12.2 Å². The number of ether oxygens (including phenoxy) is 4. The highest BCUT2D eigenvalue weighted by Gasteiger charge is 2.23. The van der Waals surface area contributed by atoms with E-state index in [1.54, 1.807) is 50.2 Å². The van der Waals surface area contributed by atoms with Gasteiger partial charge in [0, 0.05) is 24.0 Å². The summed E-state index contributed by atoms with van der Waals surface area (Å²) in [5.41, 5.74) is 2.93. The fourth-order valence-electron chi connectivity index (χ4n) is 3.49. The molecule has 1 fully saturated rings. The fraction of sp³-hybridized carbons (Fsp3) is 0.296. The summed E-state index contributed by atoms with van der Waals surface area (Å²) < 4.78 is 21.2. The molecule has 178 valence electrons. The van der Waals surface area contributed by atoms with Crippen molar-refractivity contribution in [2.45, 2.75) is 39.5 Å². The van der Waals surface area contributed by atoms with E-state index in [0.29, 0.717) is 47.0 Å². The predicted octanol–water partition coefficient (Wildman–Crippen LogP) is 5.16. The molecule has 3 rings (SSSR count). The molecular weight excluding hydrogens is 436 g/mol. The lowest BCUT2D eigenvalue weighted by Crippen LogP contribution is -2.06. The highest BCUT2D eigenvalue weighted by molar-refractivity contribution is 6.15. The van der Waals surface area contributed by atoms with Gasteiger partial charge in [0.1, 0.15) is 0 Å². The van der Waals surface area contributed by atoms with Crippen molar-refractivity contribution < 1.29 is 33.3 Å². The van der Waals surface area contributed by atoms with Crippen LogP contribution in [0.15, 0.2) is 47.5 Å². The maximum atomic E-state index is 13.0. The van der Waals surface area contributed by atoms with Crippen LogP contribution in [0.1, 0.15) is 50.7 Å². The van der Waals surface area contributed by atoms with Crippen LogP contribution in [0.4, 0.5) is 0 Å². The third-order valence-corrected chi connectivity index (χ3v) is 5.33. The number of carbonyl (C=O) groups is 3. The van der Waals surface area contributed by atoms with Crippen LogP contribution in [-0.2, 0) is 14.4 Å². The molecule has 0 bridgehead atoms. The molecule has 7 nitrogen and oxygen atoms in total. The number of benzene rings is 2. The molecule has 0 heterocycles. The Morgan fingerprint density at radius 2 is 1.15 bits per heavy atom. The summed E-state index contributed by atoms with van der Waals surface area (Å²) in [7, 11) is 3.00. The van der Waals surface area contributed by atoms with Gasteiger partial charge in [0.2, 0.25) is 0 Å². The van der Waals surface area contributed by atoms with Crippen molar-refractivity contribution in [2.75, 3.05) is 14.2 Å². The van der Waals surface area contributed by atoms with Gasteiger partial charge in [0.05, 0.1) is 14.2 Å². The summed E-state index contributed by atoms with van der Waals surface area (Å²) in [4.78, 5) is 36.2. The third-order valence-electron chi connectivity index (χ3n) is 5.33. The van der Waals surface area contributed by atoms with Crippen molar-refractivity contribution in [3.8, 4) is 23.0 Å². The van der Waals surface area contributed by atoms with E-state index in [2.05, 4.69) is 0 Å². The SMILES string of the molecule is CCC(=O)Oc1ccc(/C=C2\CC/C(=C\c3ccc(OC(=O)CC)c(OC)c3)C2=O)cc1OC. The van der Waals surface area contributed by atoms with E-state index in [4.69, 9.17) is 18.9 Å². The van der Waals surface area contributed by atoms with Crippen molar-refractivity contribution in [1.82, 2.24) is 0 Å². The van der Waals surface area contributed by atoms with E-state index in [-0.39, 0.29) is 30.6 Å². The van der Waals surface area contributed by atoms with Crippen molar-refractivity contribution in [3.63, 3.8) is 0 Å². The summed E-state index contributed by atoms with van der Waals surface area (Å²) in [6.07, 6.45) is 5.40. The first kappa shape index (κ1) is 24.8. The van der Waals surface area contributed by atoms with Crippen LogP contribution in [0.5, 0.6) is 23.0 Å². The van der Waals surface area contributed by atoms with Gasteiger partial charge in [-0.2, -0.15) is 0 Å². The summed E-state index contributed by atoms with van der Waals surface area (Å²) in [6.45, 7) is 3.44. The molecule has 0 amide bonds. The minimum atomic E-state index is -0.349. The average molecular weight is 465 g/mol. The molecule has 0 spiro atoms. The zero-order valence-electron chi connectivity index (χ0n) is 19.8. The molecule has 34 heavy (non-hydrogen) atoms. The summed E-state index contributed by atoms with van der Waals surface area (Å²) in [6, 6.07) is 10.4. The third kappa shape index (κ3) is 5.92. The fourth-order valence-corrected chi connectivity index (χ4v) is 3.49. The van der Waals surface area contributed by atoms with E-state index in [0.717, 1.165) is 11.1 Å². The first-order chi connectivity index (χ1) is 16.4. The van der Waals surface area contributed by atoms with Gasteiger partial charge in [-0.25, -0.2) is 0 Å². The van der Waals surface area contributed by atoms with Crippen LogP contribution < -0.4 is 18.9 Å². The van der Waals surface area contributed by atoms with Gasteiger partial charge < -0.3 is 18.9 Å². The van der Waals surface area contributed by atoms with Crippen LogP contribution in [0.3, 0.4) is 0 Å². The second-order valence-corrected chi connectivity index (χ2v) is 7.64. The number of ketones is 1. The number of hydrogen-bond donors (Lipinski definition) is 0. The van der Waals surface area contributed by atoms with Gasteiger partial charge in [0.15, 0.2) is 28.8 Å². The predicted molar refractivity (Wildman–Crippen MR) is 128 cm³/mol. The van der Waals surface area contributed by atoms with Crippen molar-refractivity contribution in [3.05, 3.63) is 58.7 Å². The first-order valence-corrected chi connectivity index (χ1v) is 11.1. The molecule has 1 aliphatic carbocycles. The van der Waals surface area contributed by atoms with Gasteiger partial charge in [-0.1, -0.05) is 26.0 Å². The molecular formula is C27H28O7. The van der Waals surface area contributed by atoms with Gasteiger partial charge >= 0.3 is 11.9 Å². The van der Waals surface area contributed by atoms with E-state index < -0.39 is 0 Å². The molecule has 0 aliphatic heterocycles. The Morgan fingerprint density at radius 1 is 0.735 bits per heavy atom. The van der Waals surface area contributed by atoms with Gasteiger partial charge in [-0.15, -0.1) is 0 Å². The van der Waals surface area contributed by atoms with Crippen molar-refractivity contribution >= 4 is 29.9 Å². The average Bonchev–Trinajstić information content (AvgIpc) is 3.19. The van der Waals surface area contributed by atoms with Gasteiger partial charge in [-0.05, 0) is 60.4 Å². The molecule has 1 saturated carbocycles. The Hall–Kier alpha value is -3.87. The largest absolute Gasteiger partial charge is 0.493 e. The van der Waals surface area contributed by atoms with Crippen molar-refractivity contribution in [2.24, 2.45) is 0 Å². The quantitative estimate of drug-likeness (QED) is 0.303. The molecule has 0 radical (unpaired) electrons. The zero-order valence-corrected chi connectivity index (χ0v) is 19.8. The molecule has 0 saturated heterocycles. The lowest BCUT2D eigenvalue weighted by atomic mass is 10.1. The Kier molecular flexibility index (Phi) is 8.24. The Labute approximate surface area is 199 Å². The molecule has 0 N–H and O–H groups in total. The Morgan fingerprint density at radius 3 is 1.50 bits per heavy atom. The monoisotopic (exact) mass is 464 g/mol.